The second kappa shape index (κ2) is 6.48. The van der Waals surface area contributed by atoms with Gasteiger partial charge in [-0.25, -0.2) is 0 Å². The molecule has 0 radical (unpaired) electrons. The first kappa shape index (κ1) is 15.4. The van der Waals surface area contributed by atoms with E-state index in [-0.39, 0.29) is 12.5 Å². The normalized spacial score (nSPS) is 29.7. The highest BCUT2D eigenvalue weighted by molar-refractivity contribution is 5.72. The lowest BCUT2D eigenvalue weighted by Crippen LogP contribution is -2.43. The summed E-state index contributed by atoms with van der Waals surface area (Å²) in [6, 6.07) is 0. The summed E-state index contributed by atoms with van der Waals surface area (Å²) < 4.78 is 15.0. The number of hydrogen-bond acceptors (Lipinski definition) is 7. The van der Waals surface area contributed by atoms with Crippen molar-refractivity contribution in [3.8, 4) is 0 Å². The molecule has 1 aliphatic rings. The molecule has 0 aliphatic carbocycles. The van der Waals surface area contributed by atoms with E-state index in [1.54, 1.807) is 0 Å². The first-order valence-corrected chi connectivity index (χ1v) is 5.73. The Labute approximate surface area is 110 Å². The van der Waals surface area contributed by atoms with Gasteiger partial charge in [0.15, 0.2) is 18.5 Å². The highest BCUT2D eigenvalue weighted by atomic mass is 16.7. The lowest BCUT2D eigenvalue weighted by Gasteiger charge is -2.22. The first-order valence-electron chi connectivity index (χ1n) is 5.73. The van der Waals surface area contributed by atoms with Crippen LogP contribution in [0.3, 0.4) is 0 Å². The fraction of sp³-hybridized carbons (Fsp3) is 0.727. The summed E-state index contributed by atoms with van der Waals surface area (Å²) in [4.78, 5) is 32.8. The minimum Gasteiger partial charge on any atom is -0.456 e. The number of esters is 2. The lowest BCUT2D eigenvalue weighted by atomic mass is 10.1. The second-order valence-corrected chi connectivity index (χ2v) is 4.15. The van der Waals surface area contributed by atoms with Crippen molar-refractivity contribution >= 4 is 17.8 Å². The first-order chi connectivity index (χ1) is 8.81. The molecule has 0 aromatic carbocycles. The van der Waals surface area contributed by atoms with Gasteiger partial charge in [0.2, 0.25) is 5.91 Å². The highest BCUT2D eigenvalue weighted by Crippen LogP contribution is 2.25. The van der Waals surface area contributed by atoms with Gasteiger partial charge >= 0.3 is 11.9 Å². The Morgan fingerprint density at radius 2 is 1.63 bits per heavy atom. The molecular formula is C11H17NO7. The monoisotopic (exact) mass is 275 g/mol. The lowest BCUT2D eigenvalue weighted by molar-refractivity contribution is -0.174. The van der Waals surface area contributed by atoms with E-state index in [0.717, 1.165) is 0 Å². The van der Waals surface area contributed by atoms with Crippen LogP contribution in [0, 0.1) is 0 Å². The Balaban J connectivity index is 2.76. The van der Waals surface area contributed by atoms with Crippen LogP contribution in [0.5, 0.6) is 0 Å². The molecule has 1 unspecified atom stereocenters. The molecule has 0 bridgehead atoms. The molecule has 4 atom stereocenters. The topological polar surface area (TPSA) is 111 Å². The molecule has 1 rings (SSSR count). The summed E-state index contributed by atoms with van der Waals surface area (Å²) in [5.74, 6) is -1.53. The summed E-state index contributed by atoms with van der Waals surface area (Å²) in [5.41, 5.74) is 0. The molecule has 0 saturated carbocycles. The molecular weight excluding hydrogens is 258 g/mol. The van der Waals surface area contributed by atoms with Crippen molar-refractivity contribution in [2.45, 2.75) is 45.4 Å². The average molecular weight is 275 g/mol. The zero-order valence-corrected chi connectivity index (χ0v) is 10.9. The fourth-order valence-corrected chi connectivity index (χ4v) is 1.77. The van der Waals surface area contributed by atoms with Crippen LogP contribution >= 0.6 is 0 Å². The van der Waals surface area contributed by atoms with Crippen LogP contribution in [0.2, 0.25) is 0 Å². The maximum Gasteiger partial charge on any atom is 0.303 e. The second-order valence-electron chi connectivity index (χ2n) is 4.15. The summed E-state index contributed by atoms with van der Waals surface area (Å²) in [6.45, 7) is 3.70. The number of carbonyl (C=O) groups excluding carboxylic acids is 3. The molecule has 8 heteroatoms. The van der Waals surface area contributed by atoms with E-state index >= 15 is 0 Å². The fourth-order valence-electron chi connectivity index (χ4n) is 1.77. The number of ether oxygens (including phenoxy) is 3. The minimum atomic E-state index is -1.41. The number of amides is 1. The molecule has 1 amide bonds. The third-order valence-electron chi connectivity index (χ3n) is 2.44. The molecule has 0 aromatic rings. The molecule has 108 valence electrons. The smallest absolute Gasteiger partial charge is 0.303 e. The van der Waals surface area contributed by atoms with Crippen LogP contribution in [-0.2, 0) is 28.6 Å². The van der Waals surface area contributed by atoms with Gasteiger partial charge in [0.1, 0.15) is 6.10 Å². The van der Waals surface area contributed by atoms with Gasteiger partial charge in [-0.1, -0.05) is 0 Å². The standard InChI is InChI=1S/C11H17NO7/c1-5(13)12-4-8-9(17-6(2)14)10(11(16)19-8)18-7(3)15/h8-11,16H,4H2,1-3H3,(H,12,13)/t8-,9-,10+,11?/m1/s1. The number of nitrogens with one attached hydrogen (secondary N) is 1. The molecule has 0 aromatic heterocycles. The molecule has 2 N–H and O–H groups in total. The Kier molecular flexibility index (Phi) is 5.25. The van der Waals surface area contributed by atoms with Gasteiger partial charge in [0.25, 0.3) is 0 Å². The van der Waals surface area contributed by atoms with E-state index in [9.17, 15) is 19.5 Å². The van der Waals surface area contributed by atoms with Crippen LogP contribution in [0.25, 0.3) is 0 Å². The van der Waals surface area contributed by atoms with E-state index < -0.39 is 36.5 Å². The average Bonchev–Trinajstić information content (AvgIpc) is 2.53. The van der Waals surface area contributed by atoms with E-state index in [1.165, 1.54) is 20.8 Å². The van der Waals surface area contributed by atoms with Gasteiger partial charge in [-0.2, -0.15) is 0 Å². The van der Waals surface area contributed by atoms with Crippen molar-refractivity contribution in [1.82, 2.24) is 5.32 Å². The van der Waals surface area contributed by atoms with Gasteiger partial charge in [-0.3, -0.25) is 14.4 Å². The predicted molar refractivity (Wildman–Crippen MR) is 60.7 cm³/mol. The van der Waals surface area contributed by atoms with Crippen molar-refractivity contribution in [1.29, 1.82) is 0 Å². The minimum absolute atomic E-state index is 0.0299. The van der Waals surface area contributed by atoms with Crippen LogP contribution in [0.15, 0.2) is 0 Å². The van der Waals surface area contributed by atoms with Crippen LogP contribution in [0.1, 0.15) is 20.8 Å². The van der Waals surface area contributed by atoms with Crippen molar-refractivity contribution in [2.24, 2.45) is 0 Å². The summed E-state index contributed by atoms with van der Waals surface area (Å²) in [7, 11) is 0. The number of hydrogen-bond donors (Lipinski definition) is 2. The summed E-state index contributed by atoms with van der Waals surface area (Å²) in [5, 5.41) is 12.1. The van der Waals surface area contributed by atoms with Crippen molar-refractivity contribution in [3.63, 3.8) is 0 Å². The Morgan fingerprint density at radius 1 is 1.11 bits per heavy atom. The van der Waals surface area contributed by atoms with Crippen molar-refractivity contribution in [3.05, 3.63) is 0 Å². The number of aliphatic hydroxyl groups excluding tert-OH is 1. The largest absolute Gasteiger partial charge is 0.456 e. The molecule has 0 spiro atoms. The van der Waals surface area contributed by atoms with E-state index in [2.05, 4.69) is 5.32 Å². The van der Waals surface area contributed by atoms with E-state index in [0.29, 0.717) is 0 Å². The molecule has 8 nitrogen and oxygen atoms in total. The Morgan fingerprint density at radius 3 is 2.11 bits per heavy atom. The van der Waals surface area contributed by atoms with Gasteiger partial charge < -0.3 is 24.6 Å². The maximum atomic E-state index is 11.0. The zero-order valence-electron chi connectivity index (χ0n) is 10.9. The van der Waals surface area contributed by atoms with Crippen LogP contribution in [-0.4, -0.2) is 54.1 Å². The molecule has 1 aliphatic heterocycles. The van der Waals surface area contributed by atoms with Crippen molar-refractivity contribution in [2.75, 3.05) is 6.54 Å². The maximum absolute atomic E-state index is 11.0. The van der Waals surface area contributed by atoms with E-state index in [4.69, 9.17) is 14.2 Å². The Bertz CT molecular complexity index is 370. The van der Waals surface area contributed by atoms with Gasteiger partial charge in [0, 0.05) is 27.3 Å². The van der Waals surface area contributed by atoms with Gasteiger partial charge in [-0.15, -0.1) is 0 Å². The molecule has 1 saturated heterocycles. The number of carbonyl (C=O) groups is 3. The predicted octanol–water partition coefficient (Wildman–Crippen LogP) is -1.30. The SMILES string of the molecule is CC(=O)NC[C@H]1OC(O)[C@@H](OC(C)=O)[C@@H]1OC(C)=O. The van der Waals surface area contributed by atoms with E-state index in [1.807, 2.05) is 0 Å². The highest BCUT2D eigenvalue weighted by Gasteiger charge is 2.48. The third kappa shape index (κ3) is 4.49. The van der Waals surface area contributed by atoms with Gasteiger partial charge in [0.05, 0.1) is 0 Å². The molecule has 19 heavy (non-hydrogen) atoms. The Hall–Kier alpha value is -1.67. The van der Waals surface area contributed by atoms with Crippen LogP contribution in [0.4, 0.5) is 0 Å². The quantitative estimate of drug-likeness (QED) is 0.613. The summed E-state index contributed by atoms with van der Waals surface area (Å²) >= 11 is 0. The third-order valence-corrected chi connectivity index (χ3v) is 2.44. The molecule has 1 heterocycles. The van der Waals surface area contributed by atoms with Crippen LogP contribution < -0.4 is 5.32 Å². The number of aliphatic hydroxyl groups is 1. The number of rotatable bonds is 4. The summed E-state index contributed by atoms with van der Waals surface area (Å²) in [6.07, 6.45) is -4.28. The van der Waals surface area contributed by atoms with Gasteiger partial charge in [-0.05, 0) is 0 Å². The zero-order chi connectivity index (χ0) is 14.6. The van der Waals surface area contributed by atoms with Crippen molar-refractivity contribution < 1.29 is 33.7 Å². The molecule has 1 fully saturated rings.